The quantitative estimate of drug-likeness (QED) is 0.668. The predicted octanol–water partition coefficient (Wildman–Crippen LogP) is 2.41. The van der Waals surface area contributed by atoms with E-state index < -0.39 is 0 Å². The first-order chi connectivity index (χ1) is 13.3. The lowest BCUT2D eigenvalue weighted by Crippen LogP contribution is -2.46. The van der Waals surface area contributed by atoms with Gasteiger partial charge in [-0.05, 0) is 36.8 Å². The number of ether oxygens (including phenoxy) is 1. The first-order valence-electron chi connectivity index (χ1n) is 9.67. The lowest BCUT2D eigenvalue weighted by atomic mass is 10.2. The molecule has 1 saturated heterocycles. The SMILES string of the molecule is CCOc1ccc(CN2CCN(c3ccc4nnc(CC)n4n3)CC2)cc1. The Morgan fingerprint density at radius 3 is 2.41 bits per heavy atom. The number of rotatable bonds is 6. The minimum atomic E-state index is 0.704. The van der Waals surface area contributed by atoms with E-state index in [1.165, 1.54) is 5.56 Å². The summed E-state index contributed by atoms with van der Waals surface area (Å²) in [5.74, 6) is 2.84. The van der Waals surface area contributed by atoms with E-state index in [0.717, 1.165) is 62.2 Å². The van der Waals surface area contributed by atoms with Gasteiger partial charge in [0.1, 0.15) is 11.6 Å². The van der Waals surface area contributed by atoms with Crippen molar-refractivity contribution in [2.24, 2.45) is 0 Å². The molecule has 7 nitrogen and oxygen atoms in total. The summed E-state index contributed by atoms with van der Waals surface area (Å²) < 4.78 is 7.38. The monoisotopic (exact) mass is 366 g/mol. The molecule has 3 heterocycles. The van der Waals surface area contributed by atoms with Crippen LogP contribution in [0.2, 0.25) is 0 Å². The summed E-state index contributed by atoms with van der Waals surface area (Å²) >= 11 is 0. The molecular formula is C20H26N6O. The molecule has 0 aliphatic carbocycles. The van der Waals surface area contributed by atoms with Crippen LogP contribution in [0.3, 0.4) is 0 Å². The van der Waals surface area contributed by atoms with Gasteiger partial charge < -0.3 is 9.64 Å². The Kier molecular flexibility index (Phi) is 5.20. The Labute approximate surface area is 159 Å². The number of aromatic nitrogens is 4. The van der Waals surface area contributed by atoms with Crippen LogP contribution < -0.4 is 9.64 Å². The summed E-state index contributed by atoms with van der Waals surface area (Å²) in [6, 6.07) is 12.5. The van der Waals surface area contributed by atoms with E-state index >= 15 is 0 Å². The molecule has 0 saturated carbocycles. The van der Waals surface area contributed by atoms with Crippen molar-refractivity contribution in [2.45, 2.75) is 26.8 Å². The second kappa shape index (κ2) is 7.92. The number of piperazine rings is 1. The molecule has 0 radical (unpaired) electrons. The molecule has 3 aromatic rings. The van der Waals surface area contributed by atoms with Gasteiger partial charge in [-0.1, -0.05) is 19.1 Å². The van der Waals surface area contributed by atoms with Crippen LogP contribution >= 0.6 is 0 Å². The third-order valence-electron chi connectivity index (χ3n) is 4.97. The fraction of sp³-hybridized carbons (Fsp3) is 0.450. The number of hydrogen-bond acceptors (Lipinski definition) is 6. The highest BCUT2D eigenvalue weighted by Gasteiger charge is 2.19. The van der Waals surface area contributed by atoms with E-state index in [1.807, 2.05) is 23.6 Å². The molecule has 27 heavy (non-hydrogen) atoms. The number of benzene rings is 1. The van der Waals surface area contributed by atoms with Crippen LogP contribution in [0.25, 0.3) is 5.65 Å². The Morgan fingerprint density at radius 1 is 0.926 bits per heavy atom. The zero-order chi connectivity index (χ0) is 18.6. The van der Waals surface area contributed by atoms with Crippen molar-refractivity contribution >= 4 is 11.5 Å². The fourth-order valence-corrected chi connectivity index (χ4v) is 3.46. The van der Waals surface area contributed by atoms with Gasteiger partial charge in [-0.3, -0.25) is 4.90 Å². The summed E-state index contributed by atoms with van der Waals surface area (Å²) in [5, 5.41) is 13.1. The van der Waals surface area contributed by atoms with E-state index in [0.29, 0.717) is 6.61 Å². The average molecular weight is 366 g/mol. The van der Waals surface area contributed by atoms with Crippen molar-refractivity contribution in [1.29, 1.82) is 0 Å². The summed E-state index contributed by atoms with van der Waals surface area (Å²) in [7, 11) is 0. The second-order valence-corrected chi connectivity index (χ2v) is 6.77. The van der Waals surface area contributed by atoms with Gasteiger partial charge in [-0.2, -0.15) is 4.52 Å². The van der Waals surface area contributed by atoms with E-state index in [4.69, 9.17) is 9.84 Å². The third-order valence-corrected chi connectivity index (χ3v) is 4.97. The minimum absolute atomic E-state index is 0.704. The molecule has 0 unspecified atom stereocenters. The van der Waals surface area contributed by atoms with Crippen LogP contribution in [0.1, 0.15) is 25.2 Å². The number of hydrogen-bond donors (Lipinski definition) is 0. The molecule has 0 spiro atoms. The highest BCUT2D eigenvalue weighted by Crippen LogP contribution is 2.18. The highest BCUT2D eigenvalue weighted by molar-refractivity contribution is 5.46. The first kappa shape index (κ1) is 17.7. The van der Waals surface area contributed by atoms with E-state index in [2.05, 4.69) is 51.2 Å². The third kappa shape index (κ3) is 3.88. The summed E-state index contributed by atoms with van der Waals surface area (Å²) in [6.45, 7) is 9.74. The van der Waals surface area contributed by atoms with Crippen molar-refractivity contribution in [3.05, 3.63) is 47.8 Å². The second-order valence-electron chi connectivity index (χ2n) is 6.77. The Hall–Kier alpha value is -2.67. The van der Waals surface area contributed by atoms with Crippen LogP contribution in [-0.2, 0) is 13.0 Å². The molecule has 4 rings (SSSR count). The number of anilines is 1. The smallest absolute Gasteiger partial charge is 0.178 e. The van der Waals surface area contributed by atoms with Gasteiger partial charge in [0.05, 0.1) is 6.61 Å². The molecule has 7 heteroatoms. The Morgan fingerprint density at radius 2 is 1.70 bits per heavy atom. The van der Waals surface area contributed by atoms with Crippen molar-refractivity contribution in [3.8, 4) is 5.75 Å². The molecule has 0 atom stereocenters. The van der Waals surface area contributed by atoms with Gasteiger partial charge >= 0.3 is 0 Å². The van der Waals surface area contributed by atoms with E-state index in [1.54, 1.807) is 0 Å². The topological polar surface area (TPSA) is 58.8 Å². The maximum absolute atomic E-state index is 5.52. The van der Waals surface area contributed by atoms with Gasteiger partial charge in [0, 0.05) is 39.1 Å². The fourth-order valence-electron chi connectivity index (χ4n) is 3.46. The maximum atomic E-state index is 5.52. The largest absolute Gasteiger partial charge is 0.494 e. The maximum Gasteiger partial charge on any atom is 0.178 e. The molecule has 142 valence electrons. The van der Waals surface area contributed by atoms with Gasteiger partial charge in [0.15, 0.2) is 11.5 Å². The molecule has 0 N–H and O–H groups in total. The first-order valence-corrected chi connectivity index (χ1v) is 9.67. The van der Waals surface area contributed by atoms with E-state index in [9.17, 15) is 0 Å². The standard InChI is InChI=1S/C20H26N6O/c1-3-18-21-22-19-9-10-20(23-26(18)19)25-13-11-24(12-14-25)15-16-5-7-17(8-6-16)27-4-2/h5-10H,3-4,11-15H2,1-2H3. The highest BCUT2D eigenvalue weighted by atomic mass is 16.5. The summed E-state index contributed by atoms with van der Waals surface area (Å²) in [6.07, 6.45) is 0.827. The predicted molar refractivity (Wildman–Crippen MR) is 105 cm³/mol. The van der Waals surface area contributed by atoms with Crippen molar-refractivity contribution in [2.75, 3.05) is 37.7 Å². The number of aryl methyl sites for hydroxylation is 1. The molecule has 1 fully saturated rings. The van der Waals surface area contributed by atoms with Gasteiger partial charge in [0.25, 0.3) is 0 Å². The van der Waals surface area contributed by atoms with Gasteiger partial charge in [-0.25, -0.2) is 0 Å². The van der Waals surface area contributed by atoms with Crippen LogP contribution in [0.4, 0.5) is 5.82 Å². The van der Waals surface area contributed by atoms with Gasteiger partial charge in [0.2, 0.25) is 0 Å². The van der Waals surface area contributed by atoms with Gasteiger partial charge in [-0.15, -0.1) is 15.3 Å². The zero-order valence-corrected chi connectivity index (χ0v) is 16.0. The lowest BCUT2D eigenvalue weighted by Gasteiger charge is -2.35. The minimum Gasteiger partial charge on any atom is -0.494 e. The molecule has 0 bridgehead atoms. The zero-order valence-electron chi connectivity index (χ0n) is 16.0. The van der Waals surface area contributed by atoms with Crippen molar-refractivity contribution in [3.63, 3.8) is 0 Å². The molecule has 0 amide bonds. The lowest BCUT2D eigenvalue weighted by molar-refractivity contribution is 0.249. The van der Waals surface area contributed by atoms with Crippen LogP contribution in [0, 0.1) is 0 Å². The Bertz CT molecular complexity index is 883. The number of fused-ring (bicyclic) bond motifs is 1. The van der Waals surface area contributed by atoms with Crippen LogP contribution in [0.5, 0.6) is 5.75 Å². The molecular weight excluding hydrogens is 340 g/mol. The molecule has 1 aliphatic rings. The average Bonchev–Trinajstić information content (AvgIpc) is 3.12. The molecule has 2 aromatic heterocycles. The summed E-state index contributed by atoms with van der Waals surface area (Å²) in [5.41, 5.74) is 2.13. The summed E-state index contributed by atoms with van der Waals surface area (Å²) in [4.78, 5) is 4.83. The normalized spacial score (nSPS) is 15.4. The molecule has 1 aliphatic heterocycles. The Balaban J connectivity index is 1.37. The van der Waals surface area contributed by atoms with Crippen molar-refractivity contribution < 1.29 is 4.74 Å². The van der Waals surface area contributed by atoms with Crippen LogP contribution in [0.15, 0.2) is 36.4 Å². The van der Waals surface area contributed by atoms with E-state index in [-0.39, 0.29) is 0 Å². The van der Waals surface area contributed by atoms with Crippen molar-refractivity contribution in [1.82, 2.24) is 24.7 Å². The van der Waals surface area contributed by atoms with Crippen LogP contribution in [-0.4, -0.2) is 57.5 Å². The molecule has 1 aromatic carbocycles. The number of nitrogens with zero attached hydrogens (tertiary/aromatic N) is 6.